The molecule has 28 valence electrons. The van der Waals surface area contributed by atoms with Crippen molar-refractivity contribution in [3.8, 4) is 0 Å². The Morgan fingerprint density at radius 3 is 1.00 bits per heavy atom. The van der Waals surface area contributed by atoms with E-state index >= 15 is 0 Å². The van der Waals surface area contributed by atoms with Crippen LogP contribution in [0.2, 0.25) is 0 Å². The predicted octanol–water partition coefficient (Wildman–Crippen LogP) is 0.440. The molecule has 2 radical (unpaired) electrons. The smallest absolute Gasteiger partial charge is 0 e. The van der Waals surface area contributed by atoms with Crippen molar-refractivity contribution in [3.05, 3.63) is 7.43 Å². The minimum absolute atomic E-state index is 0. The Bertz CT molecular complexity index is 11.6. The monoisotopic (exact) mass is 259 g/mol. The summed E-state index contributed by atoms with van der Waals surface area (Å²) >= 11 is 0. The van der Waals surface area contributed by atoms with E-state index in [4.69, 9.17) is 0 Å². The normalized spacial score (nSPS) is 0. The number of rotatable bonds is 0. The van der Waals surface area contributed by atoms with Gasteiger partial charge in [-0.25, -0.2) is 0 Å². The second-order valence-electron chi connectivity index (χ2n) is 0. The molecular formula is CH3CrNbTiV-. The van der Waals surface area contributed by atoms with Gasteiger partial charge in [-0.15, -0.1) is 0 Å². The van der Waals surface area contributed by atoms with Crippen LogP contribution in [0.5, 0.6) is 0 Å². The molecule has 0 aliphatic rings. The summed E-state index contributed by atoms with van der Waals surface area (Å²) in [6.45, 7) is 0. The first-order valence-corrected chi connectivity index (χ1v) is 0. The average Bonchev–Trinajstić information content (AvgIpc) is 0. The van der Waals surface area contributed by atoms with Crippen molar-refractivity contribution in [2.75, 3.05) is 0 Å². The first kappa shape index (κ1) is 49.4. The third kappa shape index (κ3) is 20.8. The first-order chi connectivity index (χ1) is 0. The van der Waals surface area contributed by atoms with E-state index in [1.54, 1.807) is 0 Å². The molecule has 0 unspecified atom stereocenters. The molecule has 0 aromatic heterocycles. The van der Waals surface area contributed by atoms with Crippen LogP contribution in [0, 0.1) is 7.43 Å². The number of hydrogen-bond donors (Lipinski definition) is 0. The van der Waals surface area contributed by atoms with Crippen LogP contribution in [0.3, 0.4) is 0 Å². The molecule has 0 amide bonds. The Morgan fingerprint density at radius 1 is 1.00 bits per heavy atom. The standard InChI is InChI=1S/CH3.Cr.Nb.Ti.V/h1H3;;;;/q-1;;;;. The Kier molecular flexibility index (Phi) is 305. The Balaban J connectivity index is 0. The fraction of sp³-hybridized carbons (Fsp3) is 0. The van der Waals surface area contributed by atoms with Crippen molar-refractivity contribution in [2.45, 2.75) is 0 Å². The summed E-state index contributed by atoms with van der Waals surface area (Å²) in [5, 5.41) is 0. The topological polar surface area (TPSA) is 0 Å². The predicted molar refractivity (Wildman–Crippen MR) is 6.41 cm³/mol. The summed E-state index contributed by atoms with van der Waals surface area (Å²) in [4.78, 5) is 0. The molecule has 4 heteroatoms. The third-order valence-corrected chi connectivity index (χ3v) is 0. The zero-order valence-electron chi connectivity index (χ0n) is 2.80. The summed E-state index contributed by atoms with van der Waals surface area (Å²) in [6, 6.07) is 0. The van der Waals surface area contributed by atoms with Gasteiger partial charge in [0, 0.05) is 80.0 Å². The zero-order chi connectivity index (χ0) is 0. The second-order valence-corrected chi connectivity index (χ2v) is 0. The molecule has 0 aliphatic heterocycles. The first-order valence-electron chi connectivity index (χ1n) is 0. The quantitative estimate of drug-likeness (QED) is 0.437. The SMILES string of the molecule is [CH3-].[Cr].[Nb].[Ti].[V]. The molecule has 0 bridgehead atoms. The minimum atomic E-state index is 0. The second kappa shape index (κ2) is 30.8. The van der Waals surface area contributed by atoms with Gasteiger partial charge in [-0.3, -0.25) is 0 Å². The van der Waals surface area contributed by atoms with Gasteiger partial charge in [-0.1, -0.05) is 0 Å². The van der Waals surface area contributed by atoms with E-state index in [2.05, 4.69) is 0 Å². The van der Waals surface area contributed by atoms with Crippen LogP contribution >= 0.6 is 0 Å². The third-order valence-electron chi connectivity index (χ3n) is 0. The zero-order valence-corrected chi connectivity index (χ0v) is 9.23. The molecule has 0 nitrogen and oxygen atoms in total. The largest absolute Gasteiger partial charge is 0.358 e. The van der Waals surface area contributed by atoms with Crippen LogP contribution in [0.25, 0.3) is 0 Å². The molecule has 0 heterocycles. The minimum Gasteiger partial charge on any atom is -0.358 e. The van der Waals surface area contributed by atoms with E-state index in [1.807, 2.05) is 0 Å². The summed E-state index contributed by atoms with van der Waals surface area (Å²) < 4.78 is 0. The summed E-state index contributed by atoms with van der Waals surface area (Å²) in [5.74, 6) is 0. The maximum absolute atomic E-state index is 0. The molecule has 0 aromatic carbocycles. The van der Waals surface area contributed by atoms with Crippen LogP contribution < -0.4 is 0 Å². The summed E-state index contributed by atoms with van der Waals surface area (Å²) in [6.07, 6.45) is 0. The van der Waals surface area contributed by atoms with Gasteiger partial charge in [-0.05, 0) is 0 Å². The van der Waals surface area contributed by atoms with Crippen LogP contribution in [0.1, 0.15) is 0 Å². The van der Waals surface area contributed by atoms with Crippen molar-refractivity contribution in [3.63, 3.8) is 0 Å². The average molecular weight is 259 g/mol. The van der Waals surface area contributed by atoms with Crippen molar-refractivity contribution in [1.82, 2.24) is 0 Å². The number of hydrogen-bond acceptors (Lipinski definition) is 0. The van der Waals surface area contributed by atoms with E-state index < -0.39 is 0 Å². The molecule has 0 saturated heterocycles. The van der Waals surface area contributed by atoms with Gasteiger partial charge in [0.05, 0.1) is 0 Å². The molecule has 0 aliphatic carbocycles. The van der Waals surface area contributed by atoms with Gasteiger partial charge >= 0.3 is 0 Å². The van der Waals surface area contributed by atoms with Gasteiger partial charge in [0.25, 0.3) is 0 Å². The Labute approximate surface area is 86.3 Å². The van der Waals surface area contributed by atoms with Crippen molar-refractivity contribution < 1.29 is 80.0 Å². The van der Waals surface area contributed by atoms with E-state index in [0.717, 1.165) is 0 Å². The molecule has 0 aromatic rings. The van der Waals surface area contributed by atoms with Crippen molar-refractivity contribution in [1.29, 1.82) is 0 Å². The molecular weight excluding hydrogens is 256 g/mol. The summed E-state index contributed by atoms with van der Waals surface area (Å²) in [7, 11) is 0. The molecule has 5 heavy (non-hydrogen) atoms. The van der Waals surface area contributed by atoms with Gasteiger partial charge in [-0.2, -0.15) is 0 Å². The van der Waals surface area contributed by atoms with Crippen LogP contribution in [0.15, 0.2) is 0 Å². The van der Waals surface area contributed by atoms with Crippen molar-refractivity contribution in [2.24, 2.45) is 0 Å². The Morgan fingerprint density at radius 2 is 1.00 bits per heavy atom. The molecule has 0 N–H and O–H groups in total. The molecule has 0 fully saturated rings. The van der Waals surface area contributed by atoms with E-state index in [1.165, 1.54) is 0 Å². The molecule has 0 saturated carbocycles. The van der Waals surface area contributed by atoms with Crippen LogP contribution in [-0.2, 0) is 80.0 Å². The van der Waals surface area contributed by atoms with Gasteiger partial charge in [0.15, 0.2) is 0 Å². The van der Waals surface area contributed by atoms with Crippen LogP contribution in [0.4, 0.5) is 0 Å². The fourth-order valence-corrected chi connectivity index (χ4v) is 0. The maximum Gasteiger partial charge on any atom is 0 e. The van der Waals surface area contributed by atoms with E-state index in [9.17, 15) is 0 Å². The summed E-state index contributed by atoms with van der Waals surface area (Å²) in [5.41, 5.74) is 0. The maximum atomic E-state index is 0. The Hall–Kier alpha value is 2.57. The van der Waals surface area contributed by atoms with Gasteiger partial charge < -0.3 is 7.43 Å². The molecule has 0 atom stereocenters. The van der Waals surface area contributed by atoms with E-state index in [-0.39, 0.29) is 87.4 Å². The fourth-order valence-electron chi connectivity index (χ4n) is 0. The van der Waals surface area contributed by atoms with Crippen LogP contribution in [-0.4, -0.2) is 0 Å². The molecule has 0 rings (SSSR count). The van der Waals surface area contributed by atoms with Crippen molar-refractivity contribution >= 4 is 0 Å². The molecule has 0 spiro atoms. The van der Waals surface area contributed by atoms with Gasteiger partial charge in [0.1, 0.15) is 0 Å². The van der Waals surface area contributed by atoms with E-state index in [0.29, 0.717) is 0 Å². The van der Waals surface area contributed by atoms with Gasteiger partial charge in [0.2, 0.25) is 0 Å².